The molecule has 0 radical (unpaired) electrons. The molecule has 0 amide bonds. The third kappa shape index (κ3) is 1.57. The molecule has 0 aliphatic carbocycles. The molecule has 1 aromatic heterocycles. The highest BCUT2D eigenvalue weighted by atomic mass is 15.0. The van der Waals surface area contributed by atoms with Crippen molar-refractivity contribution in [2.24, 2.45) is 0 Å². The van der Waals surface area contributed by atoms with Gasteiger partial charge in [-0.1, -0.05) is 17.7 Å². The van der Waals surface area contributed by atoms with Crippen molar-refractivity contribution in [3.8, 4) is 0 Å². The molecule has 0 unspecified atom stereocenters. The minimum atomic E-state index is 1.02. The Morgan fingerprint density at radius 1 is 1.25 bits per heavy atom. The molecule has 84 valence electrons. The smallest absolute Gasteiger partial charge is 0.0487 e. The van der Waals surface area contributed by atoms with Crippen molar-refractivity contribution in [1.29, 1.82) is 0 Å². The van der Waals surface area contributed by atoms with Gasteiger partial charge in [0.2, 0.25) is 0 Å². The van der Waals surface area contributed by atoms with E-state index in [4.69, 9.17) is 0 Å². The van der Waals surface area contributed by atoms with Crippen LogP contribution in [0.3, 0.4) is 0 Å². The van der Waals surface area contributed by atoms with Crippen LogP contribution in [0.2, 0.25) is 0 Å². The lowest BCUT2D eigenvalue weighted by Gasteiger charge is -2.04. The number of fused-ring (bicyclic) bond motifs is 1. The molecule has 0 saturated carbocycles. The summed E-state index contributed by atoms with van der Waals surface area (Å²) in [6, 6.07) is 6.70. The van der Waals surface area contributed by atoms with Crippen LogP contribution in [0.1, 0.15) is 30.7 Å². The van der Waals surface area contributed by atoms with Gasteiger partial charge < -0.3 is 4.57 Å². The number of aromatic nitrogens is 1. The third-order valence-electron chi connectivity index (χ3n) is 3.16. The van der Waals surface area contributed by atoms with Crippen LogP contribution < -0.4 is 0 Å². The Bertz CT molecular complexity index is 544. The summed E-state index contributed by atoms with van der Waals surface area (Å²) < 4.78 is 2.38. The minimum absolute atomic E-state index is 1.02. The van der Waals surface area contributed by atoms with Gasteiger partial charge in [0.25, 0.3) is 0 Å². The standard InChI is InChI=1S/C15H19N/c1-5-7-14-12(4)13-10-11(3)8-9-15(13)16(14)6-2/h5,7-10H,6H2,1-4H3/b7-5-. The molecule has 16 heavy (non-hydrogen) atoms. The van der Waals surface area contributed by atoms with E-state index in [-0.39, 0.29) is 0 Å². The van der Waals surface area contributed by atoms with Crippen LogP contribution in [0, 0.1) is 13.8 Å². The molecule has 0 spiro atoms. The molecule has 0 fully saturated rings. The van der Waals surface area contributed by atoms with Crippen LogP contribution in [0.15, 0.2) is 24.3 Å². The first-order valence-electron chi connectivity index (χ1n) is 5.91. The Balaban J connectivity index is 2.84. The molecule has 0 aliphatic rings. The molecule has 0 saturated heterocycles. The van der Waals surface area contributed by atoms with E-state index in [0.29, 0.717) is 0 Å². The topological polar surface area (TPSA) is 4.93 Å². The number of allylic oxidation sites excluding steroid dienone is 1. The lowest BCUT2D eigenvalue weighted by molar-refractivity contribution is 0.787. The van der Waals surface area contributed by atoms with Gasteiger partial charge in [0.05, 0.1) is 0 Å². The first-order chi connectivity index (χ1) is 7.69. The molecule has 1 nitrogen and oxygen atoms in total. The normalized spacial score (nSPS) is 11.8. The fourth-order valence-corrected chi connectivity index (χ4v) is 2.37. The molecule has 2 aromatic rings. The third-order valence-corrected chi connectivity index (χ3v) is 3.16. The van der Waals surface area contributed by atoms with Crippen LogP contribution in [0.25, 0.3) is 17.0 Å². The van der Waals surface area contributed by atoms with Crippen molar-refractivity contribution < 1.29 is 0 Å². The van der Waals surface area contributed by atoms with Crippen LogP contribution in [0.5, 0.6) is 0 Å². The van der Waals surface area contributed by atoms with Crippen LogP contribution >= 0.6 is 0 Å². The maximum atomic E-state index is 2.38. The monoisotopic (exact) mass is 213 g/mol. The fourth-order valence-electron chi connectivity index (χ4n) is 2.37. The predicted molar refractivity (Wildman–Crippen MR) is 71.8 cm³/mol. The Kier molecular flexibility index (Phi) is 2.86. The van der Waals surface area contributed by atoms with Crippen molar-refractivity contribution >= 4 is 17.0 Å². The van der Waals surface area contributed by atoms with E-state index in [1.54, 1.807) is 0 Å². The van der Waals surface area contributed by atoms with Gasteiger partial charge >= 0.3 is 0 Å². The maximum Gasteiger partial charge on any atom is 0.0487 e. The molecular weight excluding hydrogens is 194 g/mol. The summed E-state index contributed by atoms with van der Waals surface area (Å²) in [6.07, 6.45) is 4.31. The van der Waals surface area contributed by atoms with Gasteiger partial charge in [0, 0.05) is 23.1 Å². The van der Waals surface area contributed by atoms with E-state index in [9.17, 15) is 0 Å². The van der Waals surface area contributed by atoms with Crippen molar-refractivity contribution in [2.75, 3.05) is 0 Å². The fraction of sp³-hybridized carbons (Fsp3) is 0.333. The predicted octanol–water partition coefficient (Wildman–Crippen LogP) is 4.31. The summed E-state index contributed by atoms with van der Waals surface area (Å²) in [6.45, 7) is 9.65. The first-order valence-corrected chi connectivity index (χ1v) is 5.91. The summed E-state index contributed by atoms with van der Waals surface area (Å²) in [5, 5.41) is 1.38. The first kappa shape index (κ1) is 11.0. The number of benzene rings is 1. The Morgan fingerprint density at radius 3 is 2.62 bits per heavy atom. The summed E-state index contributed by atoms with van der Waals surface area (Å²) in [4.78, 5) is 0. The number of hydrogen-bond donors (Lipinski definition) is 0. The summed E-state index contributed by atoms with van der Waals surface area (Å²) in [5.41, 5.74) is 5.40. The van der Waals surface area contributed by atoms with E-state index in [0.717, 1.165) is 6.54 Å². The second kappa shape index (κ2) is 4.17. The Hall–Kier alpha value is -1.50. The molecule has 0 aliphatic heterocycles. The lowest BCUT2D eigenvalue weighted by Crippen LogP contribution is -1.96. The maximum absolute atomic E-state index is 2.38. The summed E-state index contributed by atoms with van der Waals surface area (Å²) >= 11 is 0. The summed E-state index contributed by atoms with van der Waals surface area (Å²) in [7, 11) is 0. The number of nitrogens with zero attached hydrogens (tertiary/aromatic N) is 1. The van der Waals surface area contributed by atoms with Crippen LogP contribution in [0.4, 0.5) is 0 Å². The zero-order chi connectivity index (χ0) is 11.7. The van der Waals surface area contributed by atoms with Gasteiger partial charge in [-0.05, 0) is 51.5 Å². The van der Waals surface area contributed by atoms with E-state index < -0.39 is 0 Å². The second-order valence-electron chi connectivity index (χ2n) is 4.28. The van der Waals surface area contributed by atoms with Crippen molar-refractivity contribution in [3.63, 3.8) is 0 Å². The van der Waals surface area contributed by atoms with E-state index in [2.05, 4.69) is 62.6 Å². The van der Waals surface area contributed by atoms with Crippen LogP contribution in [-0.2, 0) is 6.54 Å². The van der Waals surface area contributed by atoms with E-state index >= 15 is 0 Å². The molecule has 2 rings (SSSR count). The van der Waals surface area contributed by atoms with Gasteiger partial charge in [0.15, 0.2) is 0 Å². The van der Waals surface area contributed by atoms with E-state index in [1.165, 1.54) is 27.7 Å². The highest BCUT2D eigenvalue weighted by molar-refractivity contribution is 5.88. The van der Waals surface area contributed by atoms with Crippen LogP contribution in [-0.4, -0.2) is 4.57 Å². The second-order valence-corrected chi connectivity index (χ2v) is 4.28. The van der Waals surface area contributed by atoms with Crippen molar-refractivity contribution in [1.82, 2.24) is 4.57 Å². The number of aryl methyl sites for hydroxylation is 3. The Labute approximate surface area is 97.4 Å². The number of rotatable bonds is 2. The average Bonchev–Trinajstić information content (AvgIpc) is 2.53. The van der Waals surface area contributed by atoms with Crippen molar-refractivity contribution in [3.05, 3.63) is 41.1 Å². The van der Waals surface area contributed by atoms with Gasteiger partial charge in [-0.15, -0.1) is 0 Å². The summed E-state index contributed by atoms with van der Waals surface area (Å²) in [5.74, 6) is 0. The zero-order valence-electron chi connectivity index (χ0n) is 10.5. The number of hydrogen-bond acceptors (Lipinski definition) is 0. The highest BCUT2D eigenvalue weighted by Crippen LogP contribution is 2.27. The van der Waals surface area contributed by atoms with E-state index in [1.807, 2.05) is 0 Å². The molecule has 1 heterocycles. The van der Waals surface area contributed by atoms with Gasteiger partial charge in [0.1, 0.15) is 0 Å². The highest BCUT2D eigenvalue weighted by Gasteiger charge is 2.10. The molecule has 0 atom stereocenters. The molecule has 1 aromatic carbocycles. The quantitative estimate of drug-likeness (QED) is 0.700. The van der Waals surface area contributed by atoms with Gasteiger partial charge in [-0.25, -0.2) is 0 Å². The SMILES string of the molecule is C/C=C\c1c(C)c2cc(C)ccc2n1CC. The molecule has 1 heteroatoms. The molecule has 0 N–H and O–H groups in total. The molecular formula is C15H19N. The zero-order valence-corrected chi connectivity index (χ0v) is 10.5. The van der Waals surface area contributed by atoms with Crippen molar-refractivity contribution in [2.45, 2.75) is 34.2 Å². The average molecular weight is 213 g/mol. The Morgan fingerprint density at radius 2 is 2.00 bits per heavy atom. The minimum Gasteiger partial charge on any atom is -0.341 e. The van der Waals surface area contributed by atoms with Gasteiger partial charge in [-0.2, -0.15) is 0 Å². The largest absolute Gasteiger partial charge is 0.341 e. The van der Waals surface area contributed by atoms with Gasteiger partial charge in [-0.3, -0.25) is 0 Å². The lowest BCUT2D eigenvalue weighted by atomic mass is 10.1. The molecule has 0 bridgehead atoms.